The highest BCUT2D eigenvalue weighted by atomic mass is 35.5. The number of hydrogen-bond donors (Lipinski definition) is 0. The van der Waals surface area contributed by atoms with Gasteiger partial charge in [-0.1, -0.05) is 35.3 Å². The Hall–Kier alpha value is -1.80. The zero-order chi connectivity index (χ0) is 20.2. The van der Waals surface area contributed by atoms with Crippen LogP contribution in [0.15, 0.2) is 47.4 Å². The van der Waals surface area contributed by atoms with Gasteiger partial charge in [0.15, 0.2) is 0 Å². The fourth-order valence-electron chi connectivity index (χ4n) is 2.20. The third-order valence-electron chi connectivity index (χ3n) is 3.81. The Bertz CT molecular complexity index is 933. The van der Waals surface area contributed by atoms with E-state index in [2.05, 4.69) is 0 Å². The van der Waals surface area contributed by atoms with E-state index in [0.717, 1.165) is 4.31 Å². The van der Waals surface area contributed by atoms with Gasteiger partial charge in [0.2, 0.25) is 10.0 Å². The molecular formula is C18H20Cl2N2O4S. The van der Waals surface area contributed by atoms with Crippen LogP contribution in [0.3, 0.4) is 0 Å². The predicted octanol–water partition coefficient (Wildman–Crippen LogP) is 3.39. The van der Waals surface area contributed by atoms with Gasteiger partial charge in [0.05, 0.1) is 27.0 Å². The van der Waals surface area contributed by atoms with E-state index in [-0.39, 0.29) is 28.6 Å². The van der Waals surface area contributed by atoms with Crippen LogP contribution in [0.1, 0.15) is 10.4 Å². The lowest BCUT2D eigenvalue weighted by Crippen LogP contribution is -2.31. The molecule has 0 fully saturated rings. The van der Waals surface area contributed by atoms with Crippen LogP contribution >= 0.6 is 23.2 Å². The number of rotatable bonds is 7. The number of benzene rings is 2. The maximum atomic E-state index is 12.7. The minimum Gasteiger partial charge on any atom is -0.490 e. The van der Waals surface area contributed by atoms with E-state index in [1.165, 1.54) is 37.2 Å². The quantitative estimate of drug-likeness (QED) is 0.674. The Labute approximate surface area is 169 Å². The molecule has 0 atom stereocenters. The van der Waals surface area contributed by atoms with Crippen molar-refractivity contribution in [2.75, 3.05) is 34.3 Å². The lowest BCUT2D eigenvalue weighted by atomic mass is 10.2. The number of halogens is 2. The van der Waals surface area contributed by atoms with Gasteiger partial charge in [0.1, 0.15) is 12.4 Å². The SMILES string of the molecule is CN(CCOc1ccccc1Cl)C(=O)c1cc(S(=O)(=O)N(C)C)ccc1Cl. The van der Waals surface area contributed by atoms with Crippen LogP contribution < -0.4 is 4.74 Å². The number of carbonyl (C=O) groups excluding carboxylic acids is 1. The van der Waals surface area contributed by atoms with Crippen LogP contribution in [0, 0.1) is 0 Å². The van der Waals surface area contributed by atoms with Crippen molar-refractivity contribution in [3.63, 3.8) is 0 Å². The summed E-state index contributed by atoms with van der Waals surface area (Å²) in [6.45, 7) is 0.490. The molecule has 0 spiro atoms. The number of carbonyl (C=O) groups is 1. The van der Waals surface area contributed by atoms with Crippen LogP contribution in [0.4, 0.5) is 0 Å². The van der Waals surface area contributed by atoms with Gasteiger partial charge in [0, 0.05) is 21.1 Å². The van der Waals surface area contributed by atoms with Gasteiger partial charge in [-0.2, -0.15) is 0 Å². The molecule has 1 amide bonds. The molecule has 2 aromatic rings. The Morgan fingerprint density at radius 2 is 1.70 bits per heavy atom. The van der Waals surface area contributed by atoms with Crippen molar-refractivity contribution in [2.24, 2.45) is 0 Å². The fourth-order valence-corrected chi connectivity index (χ4v) is 3.52. The third-order valence-corrected chi connectivity index (χ3v) is 6.27. The van der Waals surface area contributed by atoms with Gasteiger partial charge in [-0.3, -0.25) is 4.79 Å². The molecular weight excluding hydrogens is 411 g/mol. The summed E-state index contributed by atoms with van der Waals surface area (Å²) in [5, 5.41) is 0.660. The molecule has 6 nitrogen and oxygen atoms in total. The van der Waals surface area contributed by atoms with E-state index in [0.29, 0.717) is 10.8 Å². The van der Waals surface area contributed by atoms with Crippen molar-refractivity contribution in [1.29, 1.82) is 0 Å². The van der Waals surface area contributed by atoms with Gasteiger partial charge >= 0.3 is 0 Å². The predicted molar refractivity (Wildman–Crippen MR) is 106 cm³/mol. The van der Waals surface area contributed by atoms with Gasteiger partial charge in [0.25, 0.3) is 5.91 Å². The number of para-hydroxylation sites is 1. The Balaban J connectivity index is 2.11. The third kappa shape index (κ3) is 5.13. The molecule has 0 heterocycles. The molecule has 0 saturated heterocycles. The van der Waals surface area contributed by atoms with Gasteiger partial charge in [-0.15, -0.1) is 0 Å². The maximum Gasteiger partial charge on any atom is 0.255 e. The molecule has 146 valence electrons. The van der Waals surface area contributed by atoms with E-state index in [1.807, 2.05) is 0 Å². The summed E-state index contributed by atoms with van der Waals surface area (Å²) >= 11 is 12.1. The van der Waals surface area contributed by atoms with Gasteiger partial charge < -0.3 is 9.64 Å². The zero-order valence-electron chi connectivity index (χ0n) is 15.1. The van der Waals surface area contributed by atoms with Crippen molar-refractivity contribution in [3.8, 4) is 5.75 Å². The average Bonchev–Trinajstić information content (AvgIpc) is 2.62. The number of ether oxygens (including phenoxy) is 1. The Kier molecular flexibility index (Phi) is 7.11. The highest BCUT2D eigenvalue weighted by Gasteiger charge is 2.22. The number of nitrogens with zero attached hydrogens (tertiary/aromatic N) is 2. The monoisotopic (exact) mass is 430 g/mol. The second-order valence-electron chi connectivity index (χ2n) is 5.93. The van der Waals surface area contributed by atoms with Crippen molar-refractivity contribution in [2.45, 2.75) is 4.90 Å². The average molecular weight is 431 g/mol. The normalized spacial score (nSPS) is 11.5. The van der Waals surface area contributed by atoms with Crippen molar-refractivity contribution in [3.05, 3.63) is 58.1 Å². The van der Waals surface area contributed by atoms with Crippen LogP contribution in [0.5, 0.6) is 5.75 Å². The van der Waals surface area contributed by atoms with Crippen molar-refractivity contribution in [1.82, 2.24) is 9.21 Å². The fraction of sp³-hybridized carbons (Fsp3) is 0.278. The van der Waals surface area contributed by atoms with Crippen LogP contribution in [0.25, 0.3) is 0 Å². The molecule has 27 heavy (non-hydrogen) atoms. The van der Waals surface area contributed by atoms with Crippen molar-refractivity contribution < 1.29 is 17.9 Å². The number of hydrogen-bond acceptors (Lipinski definition) is 4. The number of amides is 1. The topological polar surface area (TPSA) is 66.9 Å². The highest BCUT2D eigenvalue weighted by Crippen LogP contribution is 2.24. The summed E-state index contributed by atoms with van der Waals surface area (Å²) in [5.74, 6) is 0.121. The largest absolute Gasteiger partial charge is 0.490 e. The molecule has 0 bridgehead atoms. The first-order valence-corrected chi connectivity index (χ1v) is 10.2. The first kappa shape index (κ1) is 21.5. The lowest BCUT2D eigenvalue weighted by molar-refractivity contribution is 0.0773. The van der Waals surface area contributed by atoms with Crippen molar-refractivity contribution >= 4 is 39.1 Å². The summed E-state index contributed by atoms with van der Waals surface area (Å²) in [7, 11) is 0.757. The summed E-state index contributed by atoms with van der Waals surface area (Å²) in [4.78, 5) is 14.1. The van der Waals surface area contributed by atoms with Crippen LogP contribution in [-0.4, -0.2) is 57.8 Å². The molecule has 0 saturated carbocycles. The molecule has 0 aliphatic rings. The summed E-state index contributed by atoms with van der Waals surface area (Å²) in [6, 6.07) is 11.1. The van der Waals surface area contributed by atoms with E-state index in [9.17, 15) is 13.2 Å². The molecule has 2 aromatic carbocycles. The van der Waals surface area contributed by atoms with E-state index in [4.69, 9.17) is 27.9 Å². The second kappa shape index (κ2) is 8.93. The van der Waals surface area contributed by atoms with E-state index >= 15 is 0 Å². The van der Waals surface area contributed by atoms with Crippen LogP contribution in [0.2, 0.25) is 10.0 Å². The molecule has 0 aliphatic heterocycles. The lowest BCUT2D eigenvalue weighted by Gasteiger charge is -2.19. The van der Waals surface area contributed by atoms with Crippen LogP contribution in [-0.2, 0) is 10.0 Å². The molecule has 0 unspecified atom stereocenters. The molecule has 9 heteroatoms. The first-order chi connectivity index (χ1) is 12.6. The number of likely N-dealkylation sites (N-methyl/N-ethyl adjacent to an activating group) is 1. The Morgan fingerprint density at radius 3 is 2.33 bits per heavy atom. The second-order valence-corrected chi connectivity index (χ2v) is 8.90. The molecule has 0 aliphatic carbocycles. The Morgan fingerprint density at radius 1 is 1.04 bits per heavy atom. The maximum absolute atomic E-state index is 12.7. The standard InChI is InChI=1S/C18H20Cl2N2O4S/c1-21(2)27(24,25)13-8-9-15(19)14(12-13)18(23)22(3)10-11-26-17-7-5-4-6-16(17)20/h4-9,12H,10-11H2,1-3H3. The molecule has 2 rings (SSSR count). The number of sulfonamides is 1. The molecule has 0 aromatic heterocycles. The molecule has 0 N–H and O–H groups in total. The molecule has 0 radical (unpaired) electrons. The summed E-state index contributed by atoms with van der Waals surface area (Å²) in [5.41, 5.74) is 0.111. The smallest absolute Gasteiger partial charge is 0.255 e. The summed E-state index contributed by atoms with van der Waals surface area (Å²) in [6.07, 6.45) is 0. The van der Waals surface area contributed by atoms with Gasteiger partial charge in [-0.05, 0) is 30.3 Å². The minimum atomic E-state index is -3.67. The summed E-state index contributed by atoms with van der Waals surface area (Å²) < 4.78 is 31.2. The zero-order valence-corrected chi connectivity index (χ0v) is 17.5. The minimum absolute atomic E-state index is 0.000896. The van der Waals surface area contributed by atoms with E-state index in [1.54, 1.807) is 31.3 Å². The van der Waals surface area contributed by atoms with E-state index < -0.39 is 15.9 Å². The first-order valence-electron chi connectivity index (χ1n) is 7.99. The van der Waals surface area contributed by atoms with Gasteiger partial charge in [-0.25, -0.2) is 12.7 Å². The highest BCUT2D eigenvalue weighted by molar-refractivity contribution is 7.89.